The van der Waals surface area contributed by atoms with Crippen LogP contribution >= 0.6 is 0 Å². The summed E-state index contributed by atoms with van der Waals surface area (Å²) in [5, 5.41) is 5.00. The van der Waals surface area contributed by atoms with Crippen LogP contribution < -0.4 is 14.6 Å². The predicted molar refractivity (Wildman–Crippen MR) is 96.2 cm³/mol. The molecule has 0 aliphatic heterocycles. The fraction of sp³-hybridized carbons (Fsp3) is 0.222. The average Bonchev–Trinajstić information content (AvgIpc) is 2.63. The summed E-state index contributed by atoms with van der Waals surface area (Å²) in [6, 6.07) is 12.0. The van der Waals surface area contributed by atoms with E-state index in [1.165, 1.54) is 31.2 Å². The molecule has 0 fully saturated rings. The first-order valence-electron chi connectivity index (χ1n) is 7.91. The molecule has 9 heteroatoms. The Morgan fingerprint density at radius 1 is 0.889 bits per heavy atom. The van der Waals surface area contributed by atoms with Crippen molar-refractivity contribution in [3.05, 3.63) is 54.1 Å². The molecule has 0 atom stereocenters. The summed E-state index contributed by atoms with van der Waals surface area (Å²) >= 11 is 0. The van der Waals surface area contributed by atoms with Gasteiger partial charge in [-0.05, 0) is 55.5 Å². The fourth-order valence-corrected chi connectivity index (χ4v) is 2.53. The highest BCUT2D eigenvalue weighted by Crippen LogP contribution is 2.15. The highest BCUT2D eigenvalue weighted by atomic mass is 32.2. The number of Topliss-reactive ketones (excluding diaryl/α,β-unsaturated/α-hetero) is 1. The van der Waals surface area contributed by atoms with E-state index in [-0.39, 0.29) is 30.5 Å². The third kappa shape index (κ3) is 6.72. The maximum absolute atomic E-state index is 11.6. The van der Waals surface area contributed by atoms with Crippen LogP contribution in [0.1, 0.15) is 17.3 Å². The van der Waals surface area contributed by atoms with E-state index in [1.807, 2.05) is 0 Å². The molecular formula is C18H19NO7S. The van der Waals surface area contributed by atoms with E-state index >= 15 is 0 Å². The minimum absolute atomic E-state index is 0.00239. The largest absolute Gasteiger partial charge is 0.490 e. The van der Waals surface area contributed by atoms with Crippen LogP contribution in [0.25, 0.3) is 0 Å². The highest BCUT2D eigenvalue weighted by Gasteiger charge is 2.08. The van der Waals surface area contributed by atoms with Gasteiger partial charge in [0.05, 0.1) is 4.90 Å². The number of ketones is 1. The lowest BCUT2D eigenvalue weighted by molar-refractivity contribution is -0.146. The molecule has 27 heavy (non-hydrogen) atoms. The number of ether oxygens (including phenoxy) is 3. The van der Waals surface area contributed by atoms with Gasteiger partial charge in [0.2, 0.25) is 10.0 Å². The quantitative estimate of drug-likeness (QED) is 0.389. The van der Waals surface area contributed by atoms with Crippen LogP contribution in [0.5, 0.6) is 11.5 Å². The van der Waals surface area contributed by atoms with Gasteiger partial charge in [0.15, 0.2) is 12.4 Å². The van der Waals surface area contributed by atoms with E-state index in [0.717, 1.165) is 0 Å². The molecule has 0 saturated heterocycles. The molecular weight excluding hydrogens is 374 g/mol. The summed E-state index contributed by atoms with van der Waals surface area (Å²) in [5.74, 6) is 0.238. The minimum atomic E-state index is -3.75. The van der Waals surface area contributed by atoms with Crippen molar-refractivity contribution in [1.29, 1.82) is 0 Å². The van der Waals surface area contributed by atoms with E-state index in [4.69, 9.17) is 19.3 Å². The normalized spacial score (nSPS) is 10.9. The molecule has 0 amide bonds. The Morgan fingerprint density at radius 3 is 2.00 bits per heavy atom. The maximum Gasteiger partial charge on any atom is 0.344 e. The molecule has 2 aromatic carbocycles. The van der Waals surface area contributed by atoms with Gasteiger partial charge >= 0.3 is 5.97 Å². The number of carbonyl (C=O) groups is 2. The van der Waals surface area contributed by atoms with E-state index in [1.54, 1.807) is 24.3 Å². The maximum atomic E-state index is 11.6. The molecule has 2 aromatic rings. The second-order valence-electron chi connectivity index (χ2n) is 5.45. The number of primary sulfonamides is 1. The summed E-state index contributed by atoms with van der Waals surface area (Å²) in [6.45, 7) is 1.28. The second kappa shape index (κ2) is 9.15. The first-order valence-corrected chi connectivity index (χ1v) is 9.45. The summed E-state index contributed by atoms with van der Waals surface area (Å²) in [4.78, 5) is 22.8. The number of hydrogen-bond acceptors (Lipinski definition) is 7. The fourth-order valence-electron chi connectivity index (χ4n) is 2.01. The van der Waals surface area contributed by atoms with Gasteiger partial charge in [-0.1, -0.05) is 0 Å². The number of rotatable bonds is 9. The number of sulfonamides is 1. The summed E-state index contributed by atoms with van der Waals surface area (Å²) in [7, 11) is -3.75. The smallest absolute Gasteiger partial charge is 0.344 e. The van der Waals surface area contributed by atoms with Crippen molar-refractivity contribution < 1.29 is 32.2 Å². The average molecular weight is 393 g/mol. The molecule has 0 unspecified atom stereocenters. The third-order valence-corrected chi connectivity index (χ3v) is 4.31. The van der Waals surface area contributed by atoms with Crippen LogP contribution in [0.2, 0.25) is 0 Å². The van der Waals surface area contributed by atoms with Crippen molar-refractivity contribution in [1.82, 2.24) is 0 Å². The van der Waals surface area contributed by atoms with Crippen molar-refractivity contribution >= 4 is 21.8 Å². The second-order valence-corrected chi connectivity index (χ2v) is 7.02. The third-order valence-electron chi connectivity index (χ3n) is 3.38. The zero-order chi connectivity index (χ0) is 19.9. The molecule has 2 N–H and O–H groups in total. The number of nitrogens with two attached hydrogens (primary N) is 1. The molecule has 0 aromatic heterocycles. The van der Waals surface area contributed by atoms with Crippen LogP contribution in [-0.4, -0.2) is 40.0 Å². The predicted octanol–water partition coefficient (Wildman–Crippen LogP) is 1.54. The number of hydrogen-bond donors (Lipinski definition) is 1. The zero-order valence-corrected chi connectivity index (χ0v) is 15.4. The molecule has 144 valence electrons. The van der Waals surface area contributed by atoms with Crippen LogP contribution in [0.15, 0.2) is 53.4 Å². The van der Waals surface area contributed by atoms with Gasteiger partial charge in [-0.3, -0.25) is 4.79 Å². The van der Waals surface area contributed by atoms with E-state index in [0.29, 0.717) is 17.1 Å². The van der Waals surface area contributed by atoms with Gasteiger partial charge in [-0.15, -0.1) is 0 Å². The SMILES string of the molecule is CC(=O)c1ccc(OCC(=O)OCCOc2ccc(S(N)(=O)=O)cc2)cc1. The van der Waals surface area contributed by atoms with Crippen LogP contribution in [0.4, 0.5) is 0 Å². The molecule has 0 aliphatic carbocycles. The molecule has 0 spiro atoms. The summed E-state index contributed by atoms with van der Waals surface area (Å²) in [5.41, 5.74) is 0.555. The summed E-state index contributed by atoms with van der Waals surface area (Å²) in [6.07, 6.45) is 0. The van der Waals surface area contributed by atoms with Gasteiger partial charge < -0.3 is 14.2 Å². The van der Waals surface area contributed by atoms with Crippen molar-refractivity contribution in [2.24, 2.45) is 5.14 Å². The topological polar surface area (TPSA) is 122 Å². The number of carbonyl (C=O) groups excluding carboxylic acids is 2. The van der Waals surface area contributed by atoms with Gasteiger partial charge in [0, 0.05) is 5.56 Å². The molecule has 0 heterocycles. The van der Waals surface area contributed by atoms with Gasteiger partial charge in [-0.25, -0.2) is 18.4 Å². The van der Waals surface area contributed by atoms with E-state index in [2.05, 4.69) is 0 Å². The van der Waals surface area contributed by atoms with Gasteiger partial charge in [0.25, 0.3) is 0 Å². The molecule has 0 aliphatic rings. The molecule has 0 bridgehead atoms. The Morgan fingerprint density at radius 2 is 1.44 bits per heavy atom. The van der Waals surface area contributed by atoms with E-state index < -0.39 is 16.0 Å². The van der Waals surface area contributed by atoms with Gasteiger partial charge in [-0.2, -0.15) is 0 Å². The molecule has 0 radical (unpaired) electrons. The molecule has 0 saturated carbocycles. The summed E-state index contributed by atoms with van der Waals surface area (Å²) < 4.78 is 37.9. The number of benzene rings is 2. The lowest BCUT2D eigenvalue weighted by Gasteiger charge is -2.09. The van der Waals surface area contributed by atoms with Crippen molar-refractivity contribution in [2.75, 3.05) is 19.8 Å². The van der Waals surface area contributed by atoms with Crippen molar-refractivity contribution in [3.63, 3.8) is 0 Å². The zero-order valence-electron chi connectivity index (χ0n) is 14.6. The van der Waals surface area contributed by atoms with Crippen molar-refractivity contribution in [2.45, 2.75) is 11.8 Å². The lowest BCUT2D eigenvalue weighted by Crippen LogP contribution is -2.18. The molecule has 8 nitrogen and oxygen atoms in total. The number of esters is 1. The lowest BCUT2D eigenvalue weighted by atomic mass is 10.1. The monoisotopic (exact) mass is 393 g/mol. The molecule has 2 rings (SSSR count). The van der Waals surface area contributed by atoms with E-state index in [9.17, 15) is 18.0 Å². The van der Waals surface area contributed by atoms with Crippen molar-refractivity contribution in [3.8, 4) is 11.5 Å². The first-order chi connectivity index (χ1) is 12.8. The Balaban J connectivity index is 1.68. The van der Waals surface area contributed by atoms with Crippen LogP contribution in [-0.2, 0) is 19.6 Å². The minimum Gasteiger partial charge on any atom is -0.490 e. The highest BCUT2D eigenvalue weighted by molar-refractivity contribution is 7.89. The Kier molecular flexibility index (Phi) is 6.91. The standard InChI is InChI=1S/C18H19NO7S/c1-13(20)14-2-4-16(5-3-14)26-12-18(21)25-11-10-24-15-6-8-17(9-7-15)27(19,22)23/h2-9H,10-12H2,1H3,(H2,19,22,23). The Hall–Kier alpha value is -2.91. The van der Waals surface area contributed by atoms with Crippen LogP contribution in [0.3, 0.4) is 0 Å². The Labute approximate surface area is 156 Å². The first kappa shape index (κ1) is 20.4. The van der Waals surface area contributed by atoms with Gasteiger partial charge in [0.1, 0.15) is 24.7 Å². The van der Waals surface area contributed by atoms with Crippen LogP contribution in [0, 0.1) is 0 Å². The Bertz CT molecular complexity index is 890.